The average molecular weight is 311 g/mol. The van der Waals surface area contributed by atoms with Crippen LogP contribution in [0.15, 0.2) is 0 Å². The first-order valence-electron chi connectivity index (χ1n) is 6.95. The number of hydrogen-bond acceptors (Lipinski definition) is 4. The van der Waals surface area contributed by atoms with E-state index >= 15 is 0 Å². The monoisotopic (exact) mass is 311 g/mol. The van der Waals surface area contributed by atoms with E-state index in [1.54, 1.807) is 0 Å². The first-order valence-corrected chi connectivity index (χ1v) is 9.13. The highest BCUT2D eigenvalue weighted by molar-refractivity contribution is 7.80. The molecule has 5 atom stereocenters. The third-order valence-electron chi connectivity index (χ3n) is 3.33. The molecule has 0 amide bonds. The summed E-state index contributed by atoms with van der Waals surface area (Å²) < 4.78 is 27.9. The Morgan fingerprint density at radius 2 is 1.84 bits per heavy atom. The largest absolute Gasteiger partial charge is 0.359 e. The normalized spacial score (nSPS) is 33.6. The Kier molecular flexibility index (Phi) is 7.02. The van der Waals surface area contributed by atoms with Crippen LogP contribution in [0, 0.1) is 0 Å². The van der Waals surface area contributed by atoms with Gasteiger partial charge in [-0.1, -0.05) is 6.92 Å². The zero-order valence-corrected chi connectivity index (χ0v) is 14.5. The summed E-state index contributed by atoms with van der Waals surface area (Å²) in [5, 5.41) is 0. The Bertz CT molecular complexity index is 275. The molecule has 0 radical (unpaired) electrons. The van der Waals surface area contributed by atoms with Gasteiger partial charge < -0.3 is 9.26 Å². The highest BCUT2D eigenvalue weighted by Gasteiger charge is 2.45. The van der Waals surface area contributed by atoms with Crippen LogP contribution in [0.3, 0.4) is 0 Å². The van der Waals surface area contributed by atoms with Crippen LogP contribution in [-0.2, 0) is 9.26 Å². The second kappa shape index (κ2) is 7.56. The molecule has 1 aliphatic heterocycles. The van der Waals surface area contributed by atoms with Crippen molar-refractivity contribution >= 4 is 20.9 Å². The number of thiol groups is 1. The van der Waals surface area contributed by atoms with Crippen molar-refractivity contribution in [3.63, 3.8) is 0 Å². The molecule has 0 bridgehead atoms. The van der Waals surface area contributed by atoms with Gasteiger partial charge in [0.2, 0.25) is 0 Å². The number of rotatable bonds is 6. The Morgan fingerprint density at radius 3 is 2.26 bits per heavy atom. The summed E-state index contributed by atoms with van der Waals surface area (Å²) in [6.45, 7) is 12.6. The fourth-order valence-corrected chi connectivity index (χ4v) is 4.97. The lowest BCUT2D eigenvalue weighted by atomic mass is 10.1. The van der Waals surface area contributed by atoms with Gasteiger partial charge in [-0.15, -0.1) is 12.6 Å². The number of alkyl halides is 1. The topological polar surface area (TPSA) is 21.7 Å². The molecule has 1 heterocycles. The van der Waals surface area contributed by atoms with E-state index < -0.39 is 26.0 Å². The lowest BCUT2D eigenvalue weighted by Crippen LogP contribution is -2.36. The van der Waals surface area contributed by atoms with E-state index in [9.17, 15) is 4.39 Å². The molecule has 1 aliphatic rings. The van der Waals surface area contributed by atoms with Crippen molar-refractivity contribution in [3.8, 4) is 0 Å². The Labute approximate surface area is 123 Å². The highest BCUT2D eigenvalue weighted by atomic mass is 32.1. The summed E-state index contributed by atoms with van der Waals surface area (Å²) in [6.07, 6.45) is -1.10. The number of nitrogens with zero attached hydrogens (tertiary/aromatic N) is 1. The molecule has 0 N–H and O–H groups in total. The van der Waals surface area contributed by atoms with Gasteiger partial charge in [0.05, 0.1) is 6.10 Å². The average Bonchev–Trinajstić information content (AvgIpc) is 2.55. The molecule has 19 heavy (non-hydrogen) atoms. The third kappa shape index (κ3) is 4.28. The van der Waals surface area contributed by atoms with E-state index in [0.29, 0.717) is 12.1 Å². The smallest absolute Gasteiger partial charge is 0.164 e. The second-order valence-electron chi connectivity index (χ2n) is 5.52. The van der Waals surface area contributed by atoms with Crippen LogP contribution in [0.1, 0.15) is 41.0 Å². The highest BCUT2D eigenvalue weighted by Crippen LogP contribution is 2.46. The molecular weight excluding hydrogens is 284 g/mol. The van der Waals surface area contributed by atoms with Gasteiger partial charge in [-0.2, -0.15) is 0 Å². The SMILES string of the molecule is CCC1OC(S)C(F)C1OP(C)N(C(C)C)C(C)C. The molecule has 5 unspecified atom stereocenters. The van der Waals surface area contributed by atoms with Crippen molar-refractivity contribution in [3.05, 3.63) is 0 Å². The number of hydrogen-bond donors (Lipinski definition) is 1. The predicted octanol–water partition coefficient (Wildman–Crippen LogP) is 3.83. The summed E-state index contributed by atoms with van der Waals surface area (Å²) in [7, 11) is -0.833. The van der Waals surface area contributed by atoms with Gasteiger partial charge >= 0.3 is 0 Å². The quantitative estimate of drug-likeness (QED) is 0.595. The van der Waals surface area contributed by atoms with Gasteiger partial charge in [0.25, 0.3) is 0 Å². The van der Waals surface area contributed by atoms with E-state index in [1.165, 1.54) is 0 Å². The molecule has 0 spiro atoms. The van der Waals surface area contributed by atoms with E-state index in [1.807, 2.05) is 13.6 Å². The number of halogens is 1. The molecular formula is C13H27FNO2PS. The first-order chi connectivity index (χ1) is 8.79. The van der Waals surface area contributed by atoms with Crippen molar-refractivity contribution < 1.29 is 13.7 Å². The zero-order valence-electron chi connectivity index (χ0n) is 12.7. The van der Waals surface area contributed by atoms with E-state index in [-0.39, 0.29) is 6.10 Å². The molecule has 0 aliphatic carbocycles. The fourth-order valence-electron chi connectivity index (χ4n) is 2.63. The van der Waals surface area contributed by atoms with Crippen molar-refractivity contribution in [2.75, 3.05) is 6.66 Å². The fraction of sp³-hybridized carbons (Fsp3) is 1.00. The molecule has 0 saturated carbocycles. The summed E-state index contributed by atoms with van der Waals surface area (Å²) in [5.74, 6) is 0. The summed E-state index contributed by atoms with van der Waals surface area (Å²) >= 11 is 4.13. The van der Waals surface area contributed by atoms with E-state index in [2.05, 4.69) is 45.0 Å². The van der Waals surface area contributed by atoms with Crippen molar-refractivity contribution in [2.24, 2.45) is 0 Å². The Morgan fingerprint density at radius 1 is 1.32 bits per heavy atom. The third-order valence-corrected chi connectivity index (χ3v) is 5.86. The van der Waals surface area contributed by atoms with Crippen LogP contribution < -0.4 is 0 Å². The van der Waals surface area contributed by atoms with Crippen LogP contribution in [0.2, 0.25) is 0 Å². The molecule has 0 aromatic carbocycles. The van der Waals surface area contributed by atoms with Gasteiger partial charge in [-0.3, -0.25) is 4.67 Å². The molecule has 1 fully saturated rings. The molecule has 6 heteroatoms. The lowest BCUT2D eigenvalue weighted by molar-refractivity contribution is 0.0424. The minimum absolute atomic E-state index is 0.191. The zero-order chi connectivity index (χ0) is 14.7. The van der Waals surface area contributed by atoms with Gasteiger partial charge in [0.15, 0.2) is 6.17 Å². The lowest BCUT2D eigenvalue weighted by Gasteiger charge is -2.37. The van der Waals surface area contributed by atoms with Gasteiger partial charge in [-0.05, 0) is 40.8 Å². The van der Waals surface area contributed by atoms with E-state index in [0.717, 1.165) is 6.42 Å². The van der Waals surface area contributed by atoms with Crippen molar-refractivity contribution in [2.45, 2.75) is 76.9 Å². The van der Waals surface area contributed by atoms with Crippen LogP contribution in [0.25, 0.3) is 0 Å². The van der Waals surface area contributed by atoms with Gasteiger partial charge in [0, 0.05) is 12.1 Å². The Balaban J connectivity index is 2.71. The summed E-state index contributed by atoms with van der Waals surface area (Å²) in [4.78, 5) is 0. The van der Waals surface area contributed by atoms with Gasteiger partial charge in [-0.25, -0.2) is 4.39 Å². The maximum absolute atomic E-state index is 14.1. The minimum atomic E-state index is -1.15. The molecule has 1 rings (SSSR count). The van der Waals surface area contributed by atoms with E-state index in [4.69, 9.17) is 9.26 Å². The summed E-state index contributed by atoms with van der Waals surface area (Å²) in [6, 6.07) is 0.756. The Hall–Kier alpha value is 0.590. The van der Waals surface area contributed by atoms with Crippen LogP contribution in [-0.4, -0.2) is 47.2 Å². The standard InChI is InChI=1S/C13H27FNO2PS/c1-7-10-12(11(14)13(19)16-10)17-18(6)15(8(2)3)9(4)5/h8-13,19H,7H2,1-6H3. The molecule has 3 nitrogen and oxygen atoms in total. The summed E-state index contributed by atoms with van der Waals surface area (Å²) in [5.41, 5.74) is -0.662. The molecule has 0 aromatic heterocycles. The van der Waals surface area contributed by atoms with Crippen LogP contribution >= 0.6 is 20.9 Å². The maximum atomic E-state index is 14.1. The molecule has 0 aromatic rings. The van der Waals surface area contributed by atoms with Gasteiger partial charge in [0.1, 0.15) is 19.8 Å². The molecule has 114 valence electrons. The maximum Gasteiger partial charge on any atom is 0.164 e. The van der Waals surface area contributed by atoms with Crippen LogP contribution in [0.5, 0.6) is 0 Å². The second-order valence-corrected chi connectivity index (χ2v) is 7.63. The van der Waals surface area contributed by atoms with Crippen molar-refractivity contribution in [1.82, 2.24) is 4.67 Å². The molecule has 1 saturated heterocycles. The first kappa shape index (κ1) is 17.6. The van der Waals surface area contributed by atoms with Crippen LogP contribution in [0.4, 0.5) is 4.39 Å². The van der Waals surface area contributed by atoms with Crippen molar-refractivity contribution in [1.29, 1.82) is 0 Å². The number of ether oxygens (including phenoxy) is 1. The minimum Gasteiger partial charge on any atom is -0.359 e. The predicted molar refractivity (Wildman–Crippen MR) is 82.7 cm³/mol.